The van der Waals surface area contributed by atoms with E-state index < -0.39 is 0 Å². The van der Waals surface area contributed by atoms with Gasteiger partial charge in [0, 0.05) is 50.3 Å². The van der Waals surface area contributed by atoms with E-state index in [1.165, 1.54) is 0 Å². The molecule has 1 atom stereocenters. The number of hydrogen-bond acceptors (Lipinski definition) is 3. The molecule has 1 aliphatic rings. The Bertz CT molecular complexity index is 656. The minimum atomic E-state index is 0.257. The number of carbonyl (C=O) groups excluding carboxylic acids is 1. The van der Waals surface area contributed by atoms with Crippen LogP contribution < -0.4 is 0 Å². The van der Waals surface area contributed by atoms with Crippen molar-refractivity contribution in [1.29, 1.82) is 0 Å². The summed E-state index contributed by atoms with van der Waals surface area (Å²) in [5.41, 5.74) is 0. The molecule has 2 aromatic rings. The molecule has 0 unspecified atom stereocenters. The molecule has 0 N–H and O–H groups in total. The van der Waals surface area contributed by atoms with E-state index in [1.807, 2.05) is 23.2 Å². The fourth-order valence-electron chi connectivity index (χ4n) is 3.08. The van der Waals surface area contributed by atoms with Gasteiger partial charge in [0.1, 0.15) is 5.76 Å². The maximum Gasteiger partial charge on any atom is 0.223 e. The van der Waals surface area contributed by atoms with Crippen LogP contribution in [0.4, 0.5) is 0 Å². The second-order valence-electron chi connectivity index (χ2n) is 6.23. The number of amides is 1. The van der Waals surface area contributed by atoms with Crippen LogP contribution >= 0.6 is 0 Å². The molecule has 0 radical (unpaired) electrons. The zero-order valence-electron chi connectivity index (χ0n) is 13.5. The van der Waals surface area contributed by atoms with Crippen molar-refractivity contribution in [3.63, 3.8) is 0 Å². The van der Waals surface area contributed by atoms with Gasteiger partial charge in [0.15, 0.2) is 11.6 Å². The number of imidazole rings is 1. The molecule has 0 bridgehead atoms. The predicted octanol–water partition coefficient (Wildman–Crippen LogP) is 2.96. The number of aryl methyl sites for hydroxylation is 1. The predicted molar refractivity (Wildman–Crippen MR) is 84.3 cm³/mol. The average Bonchev–Trinajstić information content (AvgIpc) is 3.18. The summed E-state index contributed by atoms with van der Waals surface area (Å²) in [6, 6.07) is 4.24. The molecule has 2 aromatic heterocycles. The van der Waals surface area contributed by atoms with Gasteiger partial charge in [0.2, 0.25) is 5.91 Å². The highest BCUT2D eigenvalue weighted by atomic mass is 16.3. The van der Waals surface area contributed by atoms with Crippen molar-refractivity contribution in [3.05, 3.63) is 30.3 Å². The van der Waals surface area contributed by atoms with E-state index >= 15 is 0 Å². The lowest BCUT2D eigenvalue weighted by atomic mass is 10.1. The van der Waals surface area contributed by atoms with E-state index in [9.17, 15) is 4.79 Å². The van der Waals surface area contributed by atoms with E-state index in [4.69, 9.17) is 4.42 Å². The zero-order chi connectivity index (χ0) is 15.7. The monoisotopic (exact) mass is 301 g/mol. The summed E-state index contributed by atoms with van der Waals surface area (Å²) in [6.45, 7) is 7.83. The minimum Gasteiger partial charge on any atom is -0.458 e. The minimum absolute atomic E-state index is 0.257. The van der Waals surface area contributed by atoms with Crippen LogP contribution in [0.5, 0.6) is 0 Å². The van der Waals surface area contributed by atoms with Crippen LogP contribution in [0.2, 0.25) is 0 Å². The molecule has 118 valence electrons. The van der Waals surface area contributed by atoms with Crippen LogP contribution in [0.15, 0.2) is 28.9 Å². The first-order valence-corrected chi connectivity index (χ1v) is 7.98. The summed E-state index contributed by atoms with van der Waals surface area (Å²) in [4.78, 5) is 18.4. The number of aromatic nitrogens is 2. The molecule has 5 nitrogen and oxygen atoms in total. The highest BCUT2D eigenvalue weighted by molar-refractivity contribution is 5.78. The van der Waals surface area contributed by atoms with Gasteiger partial charge in [0.05, 0.1) is 0 Å². The maximum absolute atomic E-state index is 12.0. The molecule has 0 saturated carbocycles. The molecule has 22 heavy (non-hydrogen) atoms. The van der Waals surface area contributed by atoms with E-state index in [0.717, 1.165) is 36.9 Å². The highest BCUT2D eigenvalue weighted by Crippen LogP contribution is 2.25. The van der Waals surface area contributed by atoms with Crippen molar-refractivity contribution in [2.45, 2.75) is 46.2 Å². The molecule has 3 rings (SSSR count). The van der Waals surface area contributed by atoms with E-state index in [2.05, 4.69) is 30.3 Å². The molecule has 1 saturated heterocycles. The third-order valence-electron chi connectivity index (χ3n) is 4.26. The molecular formula is C17H23N3O2. The fraction of sp³-hybridized carbons (Fsp3) is 0.529. The van der Waals surface area contributed by atoms with Gasteiger partial charge in [-0.1, -0.05) is 6.92 Å². The summed E-state index contributed by atoms with van der Waals surface area (Å²) in [6.07, 6.45) is 5.25. The van der Waals surface area contributed by atoms with Crippen LogP contribution in [0.1, 0.15) is 33.0 Å². The van der Waals surface area contributed by atoms with Crippen molar-refractivity contribution in [2.24, 2.45) is 5.92 Å². The summed E-state index contributed by atoms with van der Waals surface area (Å²) < 4.78 is 7.90. The van der Waals surface area contributed by atoms with Crippen LogP contribution in [0.3, 0.4) is 0 Å². The van der Waals surface area contributed by atoms with Crippen LogP contribution in [0, 0.1) is 5.92 Å². The molecular weight excluding hydrogens is 278 g/mol. The third kappa shape index (κ3) is 2.80. The van der Waals surface area contributed by atoms with Crippen LogP contribution in [-0.4, -0.2) is 32.9 Å². The number of hydrogen-bond donors (Lipinski definition) is 0. The van der Waals surface area contributed by atoms with Gasteiger partial charge in [-0.25, -0.2) is 4.98 Å². The summed E-state index contributed by atoms with van der Waals surface area (Å²) >= 11 is 0. The zero-order valence-corrected chi connectivity index (χ0v) is 13.5. The van der Waals surface area contributed by atoms with Gasteiger partial charge in [0.25, 0.3) is 0 Å². The normalized spacial score (nSPS) is 18.6. The topological polar surface area (TPSA) is 51.3 Å². The second kappa shape index (κ2) is 5.99. The summed E-state index contributed by atoms with van der Waals surface area (Å²) in [5.74, 6) is 3.20. The smallest absolute Gasteiger partial charge is 0.223 e. The van der Waals surface area contributed by atoms with Crippen molar-refractivity contribution < 1.29 is 9.21 Å². The van der Waals surface area contributed by atoms with E-state index in [0.29, 0.717) is 12.3 Å². The SMILES string of the molecule is CCc1ccc(-c2nccn2C[C@H]2CC(=O)N(C(C)C)C2)o1. The first kappa shape index (κ1) is 14.9. The Hall–Kier alpha value is -2.04. The molecule has 0 spiro atoms. The number of likely N-dealkylation sites (tertiary alicyclic amines) is 1. The van der Waals surface area contributed by atoms with Gasteiger partial charge >= 0.3 is 0 Å². The Kier molecular flexibility index (Phi) is 4.05. The molecule has 0 aromatic carbocycles. The Morgan fingerprint density at radius 1 is 1.41 bits per heavy atom. The summed E-state index contributed by atoms with van der Waals surface area (Å²) in [5, 5.41) is 0. The lowest BCUT2D eigenvalue weighted by molar-refractivity contribution is -0.129. The Morgan fingerprint density at radius 3 is 2.86 bits per heavy atom. The fourth-order valence-corrected chi connectivity index (χ4v) is 3.08. The molecule has 1 aliphatic heterocycles. The molecule has 0 aliphatic carbocycles. The van der Waals surface area contributed by atoms with Crippen LogP contribution in [-0.2, 0) is 17.8 Å². The number of carbonyl (C=O) groups is 1. The lowest BCUT2D eigenvalue weighted by Gasteiger charge is -2.21. The molecule has 3 heterocycles. The van der Waals surface area contributed by atoms with Gasteiger partial charge in [-0.05, 0) is 26.0 Å². The molecule has 1 fully saturated rings. The average molecular weight is 301 g/mol. The van der Waals surface area contributed by atoms with Crippen molar-refractivity contribution in [1.82, 2.24) is 14.5 Å². The number of furan rings is 1. The molecule has 5 heteroatoms. The van der Waals surface area contributed by atoms with Crippen molar-refractivity contribution >= 4 is 5.91 Å². The lowest BCUT2D eigenvalue weighted by Crippen LogP contribution is -2.32. The third-order valence-corrected chi connectivity index (χ3v) is 4.26. The van der Waals surface area contributed by atoms with Crippen molar-refractivity contribution in [3.8, 4) is 11.6 Å². The standard InChI is InChI=1S/C17H23N3O2/c1-4-14-5-6-15(22-14)17-18-7-8-19(17)10-13-9-16(21)20(11-13)12(2)3/h5-8,12-13H,4,9-11H2,1-3H3/t13-/m1/s1. The highest BCUT2D eigenvalue weighted by Gasteiger charge is 2.31. The second-order valence-corrected chi connectivity index (χ2v) is 6.23. The van der Waals surface area contributed by atoms with Gasteiger partial charge in [-0.2, -0.15) is 0 Å². The van der Waals surface area contributed by atoms with Gasteiger partial charge in [-0.3, -0.25) is 4.79 Å². The van der Waals surface area contributed by atoms with E-state index in [1.54, 1.807) is 6.20 Å². The van der Waals surface area contributed by atoms with Gasteiger partial charge in [-0.15, -0.1) is 0 Å². The number of rotatable bonds is 5. The first-order valence-electron chi connectivity index (χ1n) is 7.98. The van der Waals surface area contributed by atoms with Gasteiger partial charge < -0.3 is 13.9 Å². The largest absolute Gasteiger partial charge is 0.458 e. The van der Waals surface area contributed by atoms with Crippen LogP contribution in [0.25, 0.3) is 11.6 Å². The maximum atomic E-state index is 12.0. The Balaban J connectivity index is 1.75. The quantitative estimate of drug-likeness (QED) is 0.853. The number of nitrogens with zero attached hydrogens (tertiary/aromatic N) is 3. The Labute approximate surface area is 130 Å². The first-order chi connectivity index (χ1) is 10.6. The summed E-state index contributed by atoms with van der Waals surface area (Å²) in [7, 11) is 0. The van der Waals surface area contributed by atoms with Crippen molar-refractivity contribution in [2.75, 3.05) is 6.54 Å². The Morgan fingerprint density at radius 2 is 2.23 bits per heavy atom. The van der Waals surface area contributed by atoms with E-state index in [-0.39, 0.29) is 11.9 Å². The molecule has 1 amide bonds.